The second-order valence-electron chi connectivity index (χ2n) is 4.94. The molecule has 0 atom stereocenters. The van der Waals surface area contributed by atoms with Gasteiger partial charge in [-0.05, 0) is 26.0 Å². The summed E-state index contributed by atoms with van der Waals surface area (Å²) in [7, 11) is 0. The Bertz CT molecular complexity index is 702. The molecule has 0 aromatic carbocycles. The molecule has 2 rings (SSSR count). The van der Waals surface area contributed by atoms with Crippen molar-refractivity contribution in [1.82, 2.24) is 20.6 Å². The molecule has 2 N–H and O–H groups in total. The van der Waals surface area contributed by atoms with Crippen molar-refractivity contribution in [2.75, 3.05) is 6.54 Å². The zero-order valence-corrected chi connectivity index (χ0v) is 16.9. The average molecular weight is 485 g/mol. The van der Waals surface area contributed by atoms with E-state index in [1.165, 1.54) is 0 Å². The Hall–Kier alpha value is -1.43. The highest BCUT2D eigenvalue weighted by Gasteiger charge is 2.33. The predicted octanol–water partition coefficient (Wildman–Crippen LogP) is 3.74. The van der Waals surface area contributed by atoms with Crippen LogP contribution < -0.4 is 10.6 Å². The first-order chi connectivity index (χ1) is 11.4. The van der Waals surface area contributed by atoms with E-state index in [4.69, 9.17) is 0 Å². The number of halogens is 4. The van der Waals surface area contributed by atoms with Gasteiger partial charge < -0.3 is 10.6 Å². The third-order valence-corrected chi connectivity index (χ3v) is 3.79. The van der Waals surface area contributed by atoms with Crippen molar-refractivity contribution >= 4 is 41.3 Å². The standard InChI is InChI=1S/C15H18F3N5S.HI/c1-3-19-14(20-7-11-6-4-5-10(2)22-11)21-8-13-23-12(9-24-13)15(16,17)18;/h4-6,9H,3,7-8H2,1-2H3,(H2,19,20,21);1H. The van der Waals surface area contributed by atoms with E-state index in [0.717, 1.165) is 28.1 Å². The van der Waals surface area contributed by atoms with Crippen molar-refractivity contribution in [2.24, 2.45) is 4.99 Å². The zero-order chi connectivity index (χ0) is 17.6. The lowest BCUT2D eigenvalue weighted by Gasteiger charge is -2.10. The Labute approximate surface area is 165 Å². The van der Waals surface area contributed by atoms with Crippen LogP contribution in [-0.2, 0) is 19.3 Å². The summed E-state index contributed by atoms with van der Waals surface area (Å²) >= 11 is 0.964. The minimum Gasteiger partial charge on any atom is -0.357 e. The zero-order valence-electron chi connectivity index (χ0n) is 13.7. The lowest BCUT2D eigenvalue weighted by atomic mass is 10.3. The molecule has 0 saturated carbocycles. The van der Waals surface area contributed by atoms with Crippen molar-refractivity contribution < 1.29 is 13.2 Å². The third kappa shape index (κ3) is 7.14. The van der Waals surface area contributed by atoms with Crippen LogP contribution in [-0.4, -0.2) is 22.5 Å². The molecule has 25 heavy (non-hydrogen) atoms. The van der Waals surface area contributed by atoms with Gasteiger partial charge in [0.2, 0.25) is 0 Å². The van der Waals surface area contributed by atoms with Gasteiger partial charge in [0.1, 0.15) is 5.01 Å². The van der Waals surface area contributed by atoms with Crippen molar-refractivity contribution in [1.29, 1.82) is 0 Å². The molecular formula is C15H19F3IN5S. The van der Waals surface area contributed by atoms with Gasteiger partial charge in [-0.1, -0.05) is 6.07 Å². The van der Waals surface area contributed by atoms with Gasteiger partial charge in [-0.3, -0.25) is 4.98 Å². The monoisotopic (exact) mass is 485 g/mol. The van der Waals surface area contributed by atoms with Gasteiger partial charge in [-0.15, -0.1) is 35.3 Å². The Morgan fingerprint density at radius 2 is 2.00 bits per heavy atom. The van der Waals surface area contributed by atoms with E-state index in [1.807, 2.05) is 32.0 Å². The molecule has 5 nitrogen and oxygen atoms in total. The summed E-state index contributed by atoms with van der Waals surface area (Å²) in [6.07, 6.45) is -4.41. The fraction of sp³-hybridized carbons (Fsp3) is 0.400. The first kappa shape index (κ1) is 21.6. The van der Waals surface area contributed by atoms with Crippen molar-refractivity contribution in [3.63, 3.8) is 0 Å². The van der Waals surface area contributed by atoms with Crippen molar-refractivity contribution in [3.8, 4) is 0 Å². The van der Waals surface area contributed by atoms with Crippen LogP contribution in [0.15, 0.2) is 28.6 Å². The highest BCUT2D eigenvalue weighted by molar-refractivity contribution is 14.0. The van der Waals surface area contributed by atoms with Crippen molar-refractivity contribution in [2.45, 2.75) is 33.1 Å². The van der Waals surface area contributed by atoms with E-state index in [1.54, 1.807) is 0 Å². The number of nitrogens with one attached hydrogen (secondary N) is 2. The largest absolute Gasteiger partial charge is 0.434 e. The van der Waals surface area contributed by atoms with Crippen LogP contribution in [0.1, 0.15) is 29.0 Å². The fourth-order valence-electron chi connectivity index (χ4n) is 1.87. The molecule has 0 spiro atoms. The normalized spacial score (nSPS) is 11.8. The second-order valence-corrected chi connectivity index (χ2v) is 5.89. The average Bonchev–Trinajstić information content (AvgIpc) is 2.99. The number of rotatable bonds is 5. The summed E-state index contributed by atoms with van der Waals surface area (Å²) in [5, 5.41) is 7.38. The number of thiazole rings is 1. The Balaban J connectivity index is 0.00000312. The summed E-state index contributed by atoms with van der Waals surface area (Å²) < 4.78 is 37.6. The molecule has 0 aliphatic heterocycles. The maximum atomic E-state index is 12.5. The molecule has 2 heterocycles. The minimum absolute atomic E-state index is 0. The van der Waals surface area contributed by atoms with Crippen LogP contribution in [0.4, 0.5) is 13.2 Å². The van der Waals surface area contributed by atoms with Gasteiger partial charge >= 0.3 is 6.18 Å². The van der Waals surface area contributed by atoms with Crippen LogP contribution in [0.2, 0.25) is 0 Å². The van der Waals surface area contributed by atoms with E-state index < -0.39 is 11.9 Å². The molecule has 138 valence electrons. The maximum absolute atomic E-state index is 12.5. The smallest absolute Gasteiger partial charge is 0.357 e. The first-order valence-corrected chi connectivity index (χ1v) is 8.22. The number of nitrogens with zero attached hydrogens (tertiary/aromatic N) is 3. The predicted molar refractivity (Wildman–Crippen MR) is 103 cm³/mol. The number of aryl methyl sites for hydroxylation is 1. The Kier molecular flexibility index (Phi) is 8.56. The molecule has 2 aromatic rings. The Morgan fingerprint density at radius 3 is 2.60 bits per heavy atom. The highest BCUT2D eigenvalue weighted by atomic mass is 127. The Morgan fingerprint density at radius 1 is 1.24 bits per heavy atom. The molecule has 10 heteroatoms. The summed E-state index contributed by atoms with van der Waals surface area (Å²) in [6.45, 7) is 5.00. The highest BCUT2D eigenvalue weighted by Crippen LogP contribution is 2.29. The van der Waals surface area contributed by atoms with Crippen LogP contribution in [0.25, 0.3) is 0 Å². The molecule has 0 radical (unpaired) electrons. The maximum Gasteiger partial charge on any atom is 0.434 e. The number of hydrogen-bond donors (Lipinski definition) is 2. The summed E-state index contributed by atoms with van der Waals surface area (Å²) in [5.41, 5.74) is 0.860. The molecule has 0 aliphatic rings. The van der Waals surface area contributed by atoms with Crippen LogP contribution >= 0.6 is 35.3 Å². The summed E-state index contributed by atoms with van der Waals surface area (Å²) in [6, 6.07) is 5.68. The molecular weight excluding hydrogens is 466 g/mol. The number of guanidine groups is 1. The lowest BCUT2D eigenvalue weighted by molar-refractivity contribution is -0.140. The number of pyridine rings is 1. The van der Waals surface area contributed by atoms with Gasteiger partial charge in [0, 0.05) is 17.6 Å². The van der Waals surface area contributed by atoms with Gasteiger partial charge in [0.15, 0.2) is 11.7 Å². The summed E-state index contributed by atoms with van der Waals surface area (Å²) in [5.74, 6) is 0.504. The first-order valence-electron chi connectivity index (χ1n) is 7.35. The molecule has 0 fully saturated rings. The van der Waals surface area contributed by atoms with E-state index in [9.17, 15) is 13.2 Å². The SMILES string of the molecule is CCNC(=NCc1cccc(C)n1)NCc1nc(C(F)(F)F)cs1.I. The molecule has 2 aromatic heterocycles. The number of aliphatic imine (C=N–C) groups is 1. The number of aromatic nitrogens is 2. The molecule has 0 unspecified atom stereocenters. The third-order valence-electron chi connectivity index (χ3n) is 2.94. The number of alkyl halides is 3. The van der Waals surface area contributed by atoms with E-state index in [2.05, 4.69) is 25.6 Å². The lowest BCUT2D eigenvalue weighted by Crippen LogP contribution is -2.36. The molecule has 0 bridgehead atoms. The van der Waals surface area contributed by atoms with Crippen LogP contribution in [0.3, 0.4) is 0 Å². The summed E-state index contributed by atoms with van der Waals surface area (Å²) in [4.78, 5) is 12.3. The second kappa shape index (κ2) is 9.90. The topological polar surface area (TPSA) is 62.2 Å². The minimum atomic E-state index is -4.41. The number of hydrogen-bond acceptors (Lipinski definition) is 4. The van der Waals surface area contributed by atoms with Gasteiger partial charge in [0.25, 0.3) is 0 Å². The van der Waals surface area contributed by atoms with Gasteiger partial charge in [-0.25, -0.2) is 9.98 Å². The van der Waals surface area contributed by atoms with Crippen molar-refractivity contribution in [3.05, 3.63) is 45.7 Å². The van der Waals surface area contributed by atoms with E-state index in [0.29, 0.717) is 24.1 Å². The fourth-order valence-corrected chi connectivity index (χ4v) is 2.61. The molecule has 0 amide bonds. The van der Waals surface area contributed by atoms with Gasteiger partial charge in [0.05, 0.1) is 18.8 Å². The van der Waals surface area contributed by atoms with E-state index in [-0.39, 0.29) is 30.5 Å². The van der Waals surface area contributed by atoms with Gasteiger partial charge in [-0.2, -0.15) is 13.2 Å². The van der Waals surface area contributed by atoms with Crippen LogP contribution in [0.5, 0.6) is 0 Å². The quantitative estimate of drug-likeness (QED) is 0.385. The van der Waals surface area contributed by atoms with Crippen LogP contribution in [0, 0.1) is 6.92 Å². The van der Waals surface area contributed by atoms with E-state index >= 15 is 0 Å². The molecule has 0 saturated heterocycles. The molecule has 0 aliphatic carbocycles.